The van der Waals surface area contributed by atoms with Gasteiger partial charge >= 0.3 is 0 Å². The summed E-state index contributed by atoms with van der Waals surface area (Å²) in [6.07, 6.45) is 6.17. The molecule has 1 aliphatic carbocycles. The monoisotopic (exact) mass is 355 g/mol. The van der Waals surface area contributed by atoms with E-state index in [1.54, 1.807) is 12.1 Å². The van der Waals surface area contributed by atoms with Crippen LogP contribution in [0.15, 0.2) is 58.1 Å². The van der Waals surface area contributed by atoms with Crippen LogP contribution in [0.1, 0.15) is 25.3 Å². The van der Waals surface area contributed by atoms with Gasteiger partial charge in [-0.3, -0.25) is 10.4 Å². The Labute approximate surface area is 152 Å². The van der Waals surface area contributed by atoms with Crippen molar-refractivity contribution in [2.75, 3.05) is 7.05 Å². The first kappa shape index (κ1) is 17.8. The van der Waals surface area contributed by atoms with Gasteiger partial charge in [0.05, 0.1) is 0 Å². The highest BCUT2D eigenvalue weighted by atomic mass is 19.1. The van der Waals surface area contributed by atoms with Gasteiger partial charge in [0.1, 0.15) is 5.82 Å². The second kappa shape index (κ2) is 7.51. The van der Waals surface area contributed by atoms with E-state index in [1.807, 2.05) is 11.9 Å². The first-order valence-electron chi connectivity index (χ1n) is 8.46. The molecule has 26 heavy (non-hydrogen) atoms. The molecule has 3 rings (SSSR count). The fourth-order valence-corrected chi connectivity index (χ4v) is 3.15. The number of rotatable bonds is 4. The summed E-state index contributed by atoms with van der Waals surface area (Å²) in [5.41, 5.74) is 3.50. The molecule has 1 heterocycles. The second-order valence-electron chi connectivity index (χ2n) is 6.42. The van der Waals surface area contributed by atoms with Crippen molar-refractivity contribution in [2.45, 2.75) is 25.8 Å². The lowest BCUT2D eigenvalue weighted by Crippen LogP contribution is -2.42. The fourth-order valence-electron chi connectivity index (χ4n) is 3.15. The molecule has 2 aliphatic rings. The Kier molecular flexibility index (Phi) is 5.16. The Balaban J connectivity index is 1.79. The summed E-state index contributed by atoms with van der Waals surface area (Å²) >= 11 is 0. The zero-order valence-corrected chi connectivity index (χ0v) is 14.9. The summed E-state index contributed by atoms with van der Waals surface area (Å²) in [5.74, 6) is 0.698. The molecule has 2 atom stereocenters. The number of nitrogens with one attached hydrogen (secondary N) is 2. The molecule has 6 nitrogen and oxygen atoms in total. The molecule has 0 spiro atoms. The topological polar surface area (TPSA) is 73.1 Å². The molecule has 0 fully saturated rings. The van der Waals surface area contributed by atoms with Gasteiger partial charge in [-0.25, -0.2) is 9.82 Å². The zero-order valence-electron chi connectivity index (χ0n) is 14.9. The van der Waals surface area contributed by atoms with Crippen molar-refractivity contribution < 1.29 is 9.13 Å². The Morgan fingerprint density at radius 1 is 1.42 bits per heavy atom. The predicted molar refractivity (Wildman–Crippen MR) is 101 cm³/mol. The average molecular weight is 355 g/mol. The zero-order chi connectivity index (χ0) is 18.7. The van der Waals surface area contributed by atoms with Crippen LogP contribution in [0, 0.1) is 17.1 Å². The Morgan fingerprint density at radius 3 is 2.88 bits per heavy atom. The average Bonchev–Trinajstić information content (AvgIpc) is 3.12. The van der Waals surface area contributed by atoms with E-state index in [4.69, 9.17) is 10.1 Å². The van der Waals surface area contributed by atoms with Crippen molar-refractivity contribution in [1.29, 1.82) is 5.41 Å². The lowest BCUT2D eigenvalue weighted by Gasteiger charge is -2.35. The summed E-state index contributed by atoms with van der Waals surface area (Å²) < 4.78 is 19.1. The largest absolute Gasteiger partial charge is 0.417 e. The molecule has 136 valence electrons. The quantitative estimate of drug-likeness (QED) is 0.495. The number of halogens is 1. The van der Waals surface area contributed by atoms with Crippen molar-refractivity contribution >= 4 is 18.5 Å². The minimum absolute atomic E-state index is 0.199. The maximum absolute atomic E-state index is 13.4. The smallest absolute Gasteiger partial charge is 0.245 e. The minimum atomic E-state index is -0.375. The van der Waals surface area contributed by atoms with Gasteiger partial charge in [0, 0.05) is 18.7 Å². The molecule has 0 aromatic heterocycles. The highest BCUT2D eigenvalue weighted by molar-refractivity contribution is 5.99. The molecule has 1 aliphatic heterocycles. The number of likely N-dealkylation sites (N-methyl/N-ethyl adjacent to an activating group) is 1. The fraction of sp³-hybridized carbons (Fsp3) is 0.316. The van der Waals surface area contributed by atoms with Gasteiger partial charge in [-0.05, 0) is 43.7 Å². The SMILES string of the molecule is C=NC(C(=N)N(C)[C@@H]1CC=CCC1C)=C1NN=C(c2cccc(F)c2)O1. The molecule has 0 amide bonds. The minimum Gasteiger partial charge on any atom is -0.417 e. The van der Waals surface area contributed by atoms with Gasteiger partial charge < -0.3 is 9.64 Å². The molecule has 1 unspecified atom stereocenters. The van der Waals surface area contributed by atoms with Gasteiger partial charge in [0.25, 0.3) is 0 Å². The van der Waals surface area contributed by atoms with E-state index in [2.05, 4.69) is 41.3 Å². The maximum atomic E-state index is 13.4. The van der Waals surface area contributed by atoms with Crippen molar-refractivity contribution in [1.82, 2.24) is 10.3 Å². The number of amidine groups is 1. The van der Waals surface area contributed by atoms with Gasteiger partial charge in [-0.15, -0.1) is 5.10 Å². The molecule has 0 saturated carbocycles. The van der Waals surface area contributed by atoms with Crippen LogP contribution in [0.25, 0.3) is 0 Å². The summed E-state index contributed by atoms with van der Waals surface area (Å²) in [4.78, 5) is 5.85. The molecule has 1 aromatic rings. The standard InChI is InChI=1S/C19H22FN5O/c1-12-7-4-5-10-15(12)25(3)17(21)16(22-2)19-24-23-18(26-19)13-8-6-9-14(20)11-13/h4-6,8-9,11-12,15,21,24H,2,7,10H2,1,3H3/t12?,15-/m1/s1. The predicted octanol–water partition coefficient (Wildman–Crippen LogP) is 3.24. The van der Waals surface area contributed by atoms with E-state index in [0.717, 1.165) is 12.8 Å². The molecule has 2 N–H and O–H groups in total. The van der Waals surface area contributed by atoms with E-state index in [9.17, 15) is 4.39 Å². The Morgan fingerprint density at radius 2 is 2.19 bits per heavy atom. The van der Waals surface area contributed by atoms with E-state index in [1.165, 1.54) is 12.1 Å². The van der Waals surface area contributed by atoms with Crippen LogP contribution in [0.2, 0.25) is 0 Å². The van der Waals surface area contributed by atoms with E-state index in [-0.39, 0.29) is 35.2 Å². The third kappa shape index (κ3) is 3.51. The van der Waals surface area contributed by atoms with Crippen molar-refractivity contribution in [3.8, 4) is 0 Å². The normalized spacial score (nSPS) is 23.6. The summed E-state index contributed by atoms with van der Waals surface area (Å²) in [7, 11) is 1.87. The van der Waals surface area contributed by atoms with Crippen LogP contribution in [0.4, 0.5) is 4.39 Å². The number of allylic oxidation sites excluding steroid dienone is 1. The maximum Gasteiger partial charge on any atom is 0.245 e. The third-order valence-electron chi connectivity index (χ3n) is 4.69. The number of hydrogen-bond donors (Lipinski definition) is 2. The highest BCUT2D eigenvalue weighted by Gasteiger charge is 2.29. The van der Waals surface area contributed by atoms with Gasteiger partial charge in [-0.2, -0.15) is 0 Å². The first-order valence-corrected chi connectivity index (χ1v) is 8.46. The number of hydrogen-bond acceptors (Lipinski definition) is 5. The summed E-state index contributed by atoms with van der Waals surface area (Å²) in [6, 6.07) is 6.16. The van der Waals surface area contributed by atoms with E-state index >= 15 is 0 Å². The molecular weight excluding hydrogens is 333 g/mol. The number of aliphatic imine (C=N–C) groups is 1. The van der Waals surface area contributed by atoms with Crippen LogP contribution in [-0.2, 0) is 4.74 Å². The Hall–Kier alpha value is -2.96. The van der Waals surface area contributed by atoms with Gasteiger partial charge in [0.2, 0.25) is 11.8 Å². The van der Waals surface area contributed by atoms with E-state index < -0.39 is 0 Å². The molecule has 7 heteroatoms. The number of hydrazone groups is 1. The number of ether oxygens (including phenoxy) is 1. The van der Waals surface area contributed by atoms with E-state index in [0.29, 0.717) is 11.5 Å². The molecular formula is C19H22FN5O. The van der Waals surface area contributed by atoms with Crippen LogP contribution in [-0.4, -0.2) is 36.4 Å². The van der Waals surface area contributed by atoms with Crippen molar-refractivity contribution in [2.24, 2.45) is 16.0 Å². The molecule has 0 radical (unpaired) electrons. The number of nitrogens with zero attached hydrogens (tertiary/aromatic N) is 3. The highest BCUT2D eigenvalue weighted by Crippen LogP contribution is 2.25. The van der Waals surface area contributed by atoms with Crippen molar-refractivity contribution in [3.63, 3.8) is 0 Å². The lowest BCUT2D eigenvalue weighted by molar-refractivity contribution is 0.263. The van der Waals surface area contributed by atoms with Crippen LogP contribution in [0.3, 0.4) is 0 Å². The van der Waals surface area contributed by atoms with Crippen molar-refractivity contribution in [3.05, 3.63) is 59.4 Å². The lowest BCUT2D eigenvalue weighted by atomic mass is 9.89. The van der Waals surface area contributed by atoms with Gasteiger partial charge in [0.15, 0.2) is 11.5 Å². The van der Waals surface area contributed by atoms with Crippen LogP contribution < -0.4 is 5.43 Å². The summed E-state index contributed by atoms with van der Waals surface area (Å²) in [5, 5.41) is 12.6. The molecule has 0 bridgehead atoms. The second-order valence-corrected chi connectivity index (χ2v) is 6.42. The first-order chi connectivity index (χ1) is 12.5. The van der Waals surface area contributed by atoms with Gasteiger partial charge in [-0.1, -0.05) is 25.1 Å². The van der Waals surface area contributed by atoms with Crippen LogP contribution >= 0.6 is 0 Å². The number of benzene rings is 1. The Bertz CT molecular complexity index is 814. The molecule has 1 aromatic carbocycles. The summed E-state index contributed by atoms with van der Waals surface area (Å²) in [6.45, 7) is 5.73. The molecule has 0 saturated heterocycles. The van der Waals surface area contributed by atoms with Crippen LogP contribution in [0.5, 0.6) is 0 Å². The third-order valence-corrected chi connectivity index (χ3v) is 4.69.